The van der Waals surface area contributed by atoms with Crippen LogP contribution in [0.5, 0.6) is 0 Å². The Hall–Kier alpha value is -3.18. The first-order chi connectivity index (χ1) is 17.0. The molecule has 1 fully saturated rings. The van der Waals surface area contributed by atoms with Gasteiger partial charge < -0.3 is 21.3 Å². The third-order valence-electron chi connectivity index (χ3n) is 6.55. The number of nitrogens with one attached hydrogen (secondary N) is 1. The molecule has 36 heavy (non-hydrogen) atoms. The molecule has 0 radical (unpaired) electrons. The first-order valence-electron chi connectivity index (χ1n) is 12.1. The van der Waals surface area contributed by atoms with Gasteiger partial charge in [0, 0.05) is 56.1 Å². The number of rotatable bonds is 10. The summed E-state index contributed by atoms with van der Waals surface area (Å²) in [5.74, 6) is -0.311. The van der Waals surface area contributed by atoms with E-state index < -0.39 is 16.1 Å². The highest BCUT2D eigenvalue weighted by atomic mass is 32.2. The number of sulfonamides is 1. The molecule has 0 spiro atoms. The van der Waals surface area contributed by atoms with E-state index in [0.29, 0.717) is 37.7 Å². The topological polar surface area (TPSA) is 151 Å². The number of hydrogen-bond donors (Lipinski definition) is 3. The fraction of sp³-hybridized carbons (Fsp3) is 0.480. The minimum atomic E-state index is -4.05. The summed E-state index contributed by atoms with van der Waals surface area (Å²) in [5, 5.41) is 1.37. The normalized spacial score (nSPS) is 15.5. The van der Waals surface area contributed by atoms with Crippen molar-refractivity contribution in [3.05, 3.63) is 36.4 Å². The van der Waals surface area contributed by atoms with Crippen molar-refractivity contribution in [2.75, 3.05) is 38.6 Å². The summed E-state index contributed by atoms with van der Waals surface area (Å²) in [6.07, 6.45) is 1.80. The van der Waals surface area contributed by atoms with E-state index in [2.05, 4.69) is 9.71 Å². The minimum Gasteiger partial charge on any atom is -0.377 e. The van der Waals surface area contributed by atoms with Crippen LogP contribution in [0.15, 0.2) is 46.3 Å². The van der Waals surface area contributed by atoms with Gasteiger partial charge in [-0.05, 0) is 44.7 Å². The average Bonchev–Trinajstić information content (AvgIpc) is 2.84. The zero-order valence-corrected chi connectivity index (χ0v) is 21.9. The van der Waals surface area contributed by atoms with E-state index in [1.54, 1.807) is 30.0 Å². The lowest BCUT2D eigenvalue weighted by molar-refractivity contribution is -0.136. The van der Waals surface area contributed by atoms with Crippen molar-refractivity contribution in [3.8, 4) is 0 Å². The Morgan fingerprint density at radius 2 is 1.75 bits per heavy atom. The number of carbonyl (C=O) groups is 2. The summed E-state index contributed by atoms with van der Waals surface area (Å²) in [6.45, 7) is 2.67. The Morgan fingerprint density at radius 1 is 1.11 bits per heavy atom. The summed E-state index contributed by atoms with van der Waals surface area (Å²) in [7, 11) is -0.250. The molecule has 1 atom stereocenters. The summed E-state index contributed by atoms with van der Waals surface area (Å²) < 4.78 is 29.9. The molecule has 11 heteroatoms. The summed E-state index contributed by atoms with van der Waals surface area (Å²) in [5.41, 5.74) is 11.7. The number of hydrogen-bond acceptors (Lipinski definition) is 6. The second-order valence-corrected chi connectivity index (χ2v) is 11.0. The maximum atomic E-state index is 13.6. The van der Waals surface area contributed by atoms with Gasteiger partial charge in [-0.15, -0.1) is 0 Å². The Bertz CT molecular complexity index is 1230. The first kappa shape index (κ1) is 27.4. The van der Waals surface area contributed by atoms with Crippen LogP contribution >= 0.6 is 0 Å². The number of piperidine rings is 1. The highest BCUT2D eigenvalue weighted by Crippen LogP contribution is 2.30. The second-order valence-electron chi connectivity index (χ2n) is 9.36. The summed E-state index contributed by atoms with van der Waals surface area (Å²) in [4.78, 5) is 32.8. The molecule has 1 aliphatic rings. The molecule has 1 heterocycles. The highest BCUT2D eigenvalue weighted by molar-refractivity contribution is 7.89. The van der Waals surface area contributed by atoms with Crippen LogP contribution < -0.4 is 21.1 Å². The zero-order chi connectivity index (χ0) is 26.5. The molecule has 1 aliphatic heterocycles. The molecule has 2 aromatic carbocycles. The van der Waals surface area contributed by atoms with Gasteiger partial charge in [-0.1, -0.05) is 24.3 Å². The van der Waals surface area contributed by atoms with Crippen molar-refractivity contribution in [2.24, 2.45) is 22.4 Å². The van der Waals surface area contributed by atoms with E-state index in [1.165, 1.54) is 0 Å². The molecule has 5 N–H and O–H groups in total. The van der Waals surface area contributed by atoms with Crippen LogP contribution in [0.4, 0.5) is 5.69 Å². The Kier molecular flexibility index (Phi) is 8.91. The molecule has 1 saturated heterocycles. The number of nitrogens with two attached hydrogens (primary N) is 2. The molecule has 1 amide bonds. The van der Waals surface area contributed by atoms with E-state index >= 15 is 0 Å². The maximum absolute atomic E-state index is 13.6. The number of Topliss-reactive ketones (excluding diaryl/α,β-unsaturated/α-hetero) is 1. The van der Waals surface area contributed by atoms with Crippen LogP contribution in [-0.2, 0) is 19.6 Å². The van der Waals surface area contributed by atoms with Gasteiger partial charge in [0.15, 0.2) is 5.96 Å². The summed E-state index contributed by atoms with van der Waals surface area (Å²) >= 11 is 0. The number of aliphatic imine (C=N–C) groups is 1. The quantitative estimate of drug-likeness (QED) is 0.245. The Labute approximate surface area is 212 Å². The molecular weight excluding hydrogens is 480 g/mol. The number of guanidine groups is 1. The van der Waals surface area contributed by atoms with Crippen LogP contribution in [0.1, 0.15) is 32.6 Å². The van der Waals surface area contributed by atoms with Crippen LogP contribution in [0.2, 0.25) is 0 Å². The van der Waals surface area contributed by atoms with Crippen LogP contribution in [0.25, 0.3) is 10.8 Å². The molecule has 2 aromatic rings. The van der Waals surface area contributed by atoms with Crippen molar-refractivity contribution < 1.29 is 18.0 Å². The number of amides is 1. The third kappa shape index (κ3) is 6.52. The Morgan fingerprint density at radius 3 is 2.36 bits per heavy atom. The van der Waals surface area contributed by atoms with Gasteiger partial charge in [-0.25, -0.2) is 8.42 Å². The third-order valence-corrected chi connectivity index (χ3v) is 8.08. The average molecular weight is 517 g/mol. The lowest BCUT2D eigenvalue weighted by atomic mass is 9.93. The van der Waals surface area contributed by atoms with Crippen molar-refractivity contribution in [3.63, 3.8) is 0 Å². The van der Waals surface area contributed by atoms with Crippen LogP contribution in [-0.4, -0.2) is 70.7 Å². The first-order valence-corrected chi connectivity index (χ1v) is 13.6. The number of ketones is 1. The second kappa shape index (κ2) is 11.7. The number of fused-ring (bicyclic) bond motifs is 1. The lowest BCUT2D eigenvalue weighted by Gasteiger charge is -2.33. The molecule has 10 nitrogen and oxygen atoms in total. The molecule has 0 bridgehead atoms. The molecular formula is C25H36N6O4S. The van der Waals surface area contributed by atoms with Gasteiger partial charge in [0.25, 0.3) is 0 Å². The van der Waals surface area contributed by atoms with Crippen molar-refractivity contribution in [1.29, 1.82) is 0 Å². The SMILES string of the molecule is CC(=O)C1CCN(C(=O)[C@H](CCCN=C(N)N)NS(=O)(=O)c2cccc3c(N(C)C)cccc23)CC1. The van der Waals surface area contributed by atoms with Crippen molar-refractivity contribution in [1.82, 2.24) is 9.62 Å². The predicted molar refractivity (Wildman–Crippen MR) is 142 cm³/mol. The van der Waals surface area contributed by atoms with Gasteiger partial charge >= 0.3 is 0 Å². The number of carbonyl (C=O) groups excluding carboxylic acids is 2. The van der Waals surface area contributed by atoms with Gasteiger partial charge in [0.2, 0.25) is 15.9 Å². The molecule has 0 saturated carbocycles. The van der Waals surface area contributed by atoms with Crippen LogP contribution in [0.3, 0.4) is 0 Å². The van der Waals surface area contributed by atoms with E-state index in [4.69, 9.17) is 11.5 Å². The smallest absolute Gasteiger partial charge is 0.241 e. The van der Waals surface area contributed by atoms with Crippen molar-refractivity contribution >= 4 is 44.1 Å². The summed E-state index contributed by atoms with van der Waals surface area (Å²) in [6, 6.07) is 9.64. The molecule has 0 aliphatic carbocycles. The van der Waals surface area contributed by atoms with Gasteiger partial charge in [0.1, 0.15) is 11.8 Å². The molecule has 0 aromatic heterocycles. The number of nitrogens with zero attached hydrogens (tertiary/aromatic N) is 3. The Balaban J connectivity index is 1.88. The molecule has 0 unspecified atom stereocenters. The highest BCUT2D eigenvalue weighted by Gasteiger charge is 2.32. The molecule has 196 valence electrons. The van der Waals surface area contributed by atoms with Crippen LogP contribution in [0, 0.1) is 5.92 Å². The van der Waals surface area contributed by atoms with Gasteiger partial charge in [-0.3, -0.25) is 14.6 Å². The van der Waals surface area contributed by atoms with E-state index in [9.17, 15) is 18.0 Å². The monoisotopic (exact) mass is 516 g/mol. The van der Waals surface area contributed by atoms with E-state index in [-0.39, 0.29) is 41.4 Å². The largest absolute Gasteiger partial charge is 0.377 e. The fourth-order valence-electron chi connectivity index (χ4n) is 4.60. The standard InChI is InChI=1S/C25H36N6O4S/c1-17(32)18-12-15-31(16-13-18)24(33)21(9-6-14-28-25(26)27)29-36(34,35)23-11-5-7-19-20(23)8-4-10-22(19)30(2)3/h4-5,7-8,10-11,18,21,29H,6,9,12-16H2,1-3H3,(H4,26,27,28)/t21-/m0/s1. The maximum Gasteiger partial charge on any atom is 0.241 e. The predicted octanol–water partition coefficient (Wildman–Crippen LogP) is 1.43. The molecule has 3 rings (SSSR count). The fourth-order valence-corrected chi connectivity index (χ4v) is 6.05. The van der Waals surface area contributed by atoms with Crippen molar-refractivity contribution in [2.45, 2.75) is 43.5 Å². The minimum absolute atomic E-state index is 0.0581. The number of anilines is 1. The zero-order valence-electron chi connectivity index (χ0n) is 21.1. The number of likely N-dealkylation sites (tertiary alicyclic amines) is 1. The van der Waals surface area contributed by atoms with E-state index in [1.807, 2.05) is 37.2 Å². The van der Waals surface area contributed by atoms with Gasteiger partial charge in [0.05, 0.1) is 4.90 Å². The number of benzene rings is 2. The lowest BCUT2D eigenvalue weighted by Crippen LogP contribution is -2.51. The van der Waals surface area contributed by atoms with Gasteiger partial charge in [-0.2, -0.15) is 4.72 Å². The van der Waals surface area contributed by atoms with E-state index in [0.717, 1.165) is 11.1 Å².